The summed E-state index contributed by atoms with van der Waals surface area (Å²) in [5.74, 6) is -0.939. The number of nitrogens with zero attached hydrogens (tertiary/aromatic N) is 1. The molecule has 0 saturated heterocycles. The monoisotopic (exact) mass is 424 g/mol. The number of carbonyl (C=O) groups excluding carboxylic acids is 2. The number of esters is 1. The van der Waals surface area contributed by atoms with E-state index in [4.69, 9.17) is 4.74 Å². The van der Waals surface area contributed by atoms with Crippen LogP contribution in [0.15, 0.2) is 97.2 Å². The Morgan fingerprint density at radius 3 is 2.22 bits per heavy atom. The van der Waals surface area contributed by atoms with Gasteiger partial charge in [-0.05, 0) is 35.9 Å². The molecule has 0 spiro atoms. The number of hydrogen-bond acceptors (Lipinski definition) is 6. The Labute approximate surface area is 185 Å². The lowest BCUT2D eigenvalue weighted by Crippen LogP contribution is -2.12. The van der Waals surface area contributed by atoms with Crippen molar-refractivity contribution in [1.82, 2.24) is 4.98 Å². The van der Waals surface area contributed by atoms with E-state index in [1.54, 1.807) is 12.1 Å². The summed E-state index contributed by atoms with van der Waals surface area (Å²) in [5.41, 5.74) is 1.98. The molecule has 0 saturated carbocycles. The quantitative estimate of drug-likeness (QED) is 0.316. The second-order valence-electron chi connectivity index (χ2n) is 7.02. The van der Waals surface area contributed by atoms with Crippen molar-refractivity contribution in [3.05, 3.63) is 119 Å². The average Bonchev–Trinajstić information content (AvgIpc) is 2.84. The molecule has 0 aliphatic heterocycles. The van der Waals surface area contributed by atoms with Crippen LogP contribution in [0.1, 0.15) is 31.8 Å². The first-order valence-corrected chi connectivity index (χ1v) is 9.97. The van der Waals surface area contributed by atoms with E-state index in [0.717, 1.165) is 11.3 Å². The standard InChI is InChI=1S/C26H20N2O4/c29-23-14-8-7-13-21(23)24(30)19-15-22(26(31)32-17-18-9-3-1-4-10-18)25(27-16-19)28-20-11-5-2-6-12-20/h1-16,29H,17H2,(H,27,28). The third kappa shape index (κ3) is 4.82. The van der Waals surface area contributed by atoms with Crippen molar-refractivity contribution in [2.75, 3.05) is 5.32 Å². The largest absolute Gasteiger partial charge is 0.507 e. The summed E-state index contributed by atoms with van der Waals surface area (Å²) in [5, 5.41) is 13.1. The van der Waals surface area contributed by atoms with Gasteiger partial charge in [-0.3, -0.25) is 4.79 Å². The molecule has 0 bridgehead atoms. The molecule has 32 heavy (non-hydrogen) atoms. The van der Waals surface area contributed by atoms with Crippen LogP contribution in [0.4, 0.5) is 11.5 Å². The topological polar surface area (TPSA) is 88.5 Å². The van der Waals surface area contributed by atoms with Gasteiger partial charge in [0.2, 0.25) is 0 Å². The number of hydrogen-bond donors (Lipinski definition) is 2. The van der Waals surface area contributed by atoms with E-state index >= 15 is 0 Å². The van der Waals surface area contributed by atoms with E-state index in [1.807, 2.05) is 60.7 Å². The summed E-state index contributed by atoms with van der Waals surface area (Å²) in [6.45, 7) is 0.0854. The molecule has 0 atom stereocenters. The van der Waals surface area contributed by atoms with Crippen LogP contribution >= 0.6 is 0 Å². The number of anilines is 2. The molecule has 0 amide bonds. The summed E-state index contributed by atoms with van der Waals surface area (Å²) in [6, 6.07) is 26.2. The van der Waals surface area contributed by atoms with E-state index in [-0.39, 0.29) is 34.9 Å². The predicted molar refractivity (Wildman–Crippen MR) is 121 cm³/mol. The lowest BCUT2D eigenvalue weighted by Gasteiger charge is -2.13. The Morgan fingerprint density at radius 1 is 0.844 bits per heavy atom. The smallest absolute Gasteiger partial charge is 0.342 e. The fourth-order valence-electron chi connectivity index (χ4n) is 3.12. The van der Waals surface area contributed by atoms with Gasteiger partial charge in [0.25, 0.3) is 0 Å². The highest BCUT2D eigenvalue weighted by Gasteiger charge is 2.20. The van der Waals surface area contributed by atoms with E-state index in [9.17, 15) is 14.7 Å². The second kappa shape index (κ2) is 9.57. The van der Waals surface area contributed by atoms with Gasteiger partial charge < -0.3 is 15.2 Å². The van der Waals surface area contributed by atoms with Gasteiger partial charge in [0.05, 0.1) is 5.56 Å². The van der Waals surface area contributed by atoms with E-state index in [0.29, 0.717) is 0 Å². The molecule has 0 unspecified atom stereocenters. The number of benzene rings is 3. The summed E-state index contributed by atoms with van der Waals surface area (Å²) in [4.78, 5) is 30.2. The van der Waals surface area contributed by atoms with Crippen molar-refractivity contribution in [2.24, 2.45) is 0 Å². The van der Waals surface area contributed by atoms with Crippen LogP contribution in [-0.4, -0.2) is 21.8 Å². The number of aromatic nitrogens is 1. The fourth-order valence-corrected chi connectivity index (χ4v) is 3.12. The van der Waals surface area contributed by atoms with Crippen molar-refractivity contribution in [3.63, 3.8) is 0 Å². The molecular formula is C26H20N2O4. The minimum atomic E-state index is -0.619. The normalized spacial score (nSPS) is 10.4. The molecule has 4 aromatic rings. The van der Waals surface area contributed by atoms with Crippen LogP contribution in [0.2, 0.25) is 0 Å². The van der Waals surface area contributed by atoms with Crippen molar-refractivity contribution in [3.8, 4) is 5.75 Å². The van der Waals surface area contributed by atoms with Gasteiger partial charge in [-0.25, -0.2) is 9.78 Å². The number of pyridine rings is 1. The molecule has 0 aliphatic rings. The maximum absolute atomic E-state index is 12.9. The average molecular weight is 424 g/mol. The van der Waals surface area contributed by atoms with Crippen molar-refractivity contribution < 1.29 is 19.4 Å². The Morgan fingerprint density at radius 2 is 1.50 bits per heavy atom. The highest BCUT2D eigenvalue weighted by Crippen LogP contribution is 2.24. The lowest BCUT2D eigenvalue weighted by atomic mass is 10.0. The number of para-hydroxylation sites is 2. The van der Waals surface area contributed by atoms with Gasteiger partial charge in [-0.2, -0.15) is 0 Å². The van der Waals surface area contributed by atoms with Gasteiger partial charge in [-0.1, -0.05) is 60.7 Å². The SMILES string of the molecule is O=C(c1cnc(Nc2ccccc2)c(C(=O)OCc2ccccc2)c1)c1ccccc1O. The van der Waals surface area contributed by atoms with Crippen molar-refractivity contribution in [2.45, 2.75) is 6.61 Å². The number of ether oxygens (including phenoxy) is 1. The van der Waals surface area contributed by atoms with Gasteiger partial charge in [0.15, 0.2) is 5.78 Å². The third-order valence-corrected chi connectivity index (χ3v) is 4.77. The second-order valence-corrected chi connectivity index (χ2v) is 7.02. The highest BCUT2D eigenvalue weighted by molar-refractivity contribution is 6.11. The summed E-state index contributed by atoms with van der Waals surface area (Å²) < 4.78 is 5.48. The third-order valence-electron chi connectivity index (χ3n) is 4.77. The predicted octanol–water partition coefficient (Wildman–Crippen LogP) is 5.12. The zero-order valence-corrected chi connectivity index (χ0v) is 17.1. The van der Waals surface area contributed by atoms with Gasteiger partial charge in [-0.15, -0.1) is 0 Å². The number of phenolic OH excluding ortho intramolecular Hbond substituents is 1. The first-order chi connectivity index (χ1) is 15.6. The van der Waals surface area contributed by atoms with Crippen molar-refractivity contribution in [1.29, 1.82) is 0 Å². The molecular weight excluding hydrogens is 404 g/mol. The summed E-state index contributed by atoms with van der Waals surface area (Å²) in [6.07, 6.45) is 1.37. The Kier molecular flexibility index (Phi) is 6.22. The molecule has 158 valence electrons. The Bertz CT molecular complexity index is 1240. The van der Waals surface area contributed by atoms with Crippen LogP contribution in [0.25, 0.3) is 0 Å². The number of aromatic hydroxyl groups is 1. The first-order valence-electron chi connectivity index (χ1n) is 9.97. The number of phenols is 1. The Hall–Kier alpha value is -4.45. The zero-order valence-electron chi connectivity index (χ0n) is 17.1. The minimum absolute atomic E-state index is 0.0854. The first kappa shape index (κ1) is 20.8. The minimum Gasteiger partial charge on any atom is -0.507 e. The summed E-state index contributed by atoms with van der Waals surface area (Å²) in [7, 11) is 0. The van der Waals surface area contributed by atoms with Crippen LogP contribution in [0.5, 0.6) is 5.75 Å². The molecule has 0 fully saturated rings. The highest BCUT2D eigenvalue weighted by atomic mass is 16.5. The van der Waals surface area contributed by atoms with Gasteiger partial charge >= 0.3 is 5.97 Å². The van der Waals surface area contributed by atoms with Crippen LogP contribution in [-0.2, 0) is 11.3 Å². The summed E-state index contributed by atoms with van der Waals surface area (Å²) >= 11 is 0. The van der Waals surface area contributed by atoms with Crippen molar-refractivity contribution >= 4 is 23.3 Å². The van der Waals surface area contributed by atoms with Gasteiger partial charge in [0.1, 0.15) is 23.7 Å². The van der Waals surface area contributed by atoms with Crippen LogP contribution in [0, 0.1) is 0 Å². The van der Waals surface area contributed by atoms with Crippen LogP contribution < -0.4 is 5.32 Å². The van der Waals surface area contributed by atoms with E-state index in [1.165, 1.54) is 24.4 Å². The molecule has 3 aromatic carbocycles. The number of carbonyl (C=O) groups is 2. The molecule has 4 rings (SSSR count). The van der Waals surface area contributed by atoms with E-state index < -0.39 is 11.8 Å². The number of rotatable bonds is 7. The fraction of sp³-hybridized carbons (Fsp3) is 0.0385. The molecule has 1 heterocycles. The Balaban J connectivity index is 1.66. The molecule has 0 aliphatic carbocycles. The van der Waals surface area contributed by atoms with Crippen LogP contribution in [0.3, 0.4) is 0 Å². The maximum atomic E-state index is 12.9. The van der Waals surface area contributed by atoms with Gasteiger partial charge in [0, 0.05) is 17.4 Å². The lowest BCUT2D eigenvalue weighted by molar-refractivity contribution is 0.0473. The maximum Gasteiger partial charge on any atom is 0.342 e. The molecule has 6 nitrogen and oxygen atoms in total. The number of ketones is 1. The zero-order chi connectivity index (χ0) is 22.3. The molecule has 2 N–H and O–H groups in total. The van der Waals surface area contributed by atoms with E-state index in [2.05, 4.69) is 10.3 Å². The molecule has 1 aromatic heterocycles. The molecule has 0 radical (unpaired) electrons. The molecule has 6 heteroatoms. The number of nitrogens with one attached hydrogen (secondary N) is 1.